The molecule has 0 N–H and O–H groups in total. The van der Waals surface area contributed by atoms with E-state index in [1.807, 2.05) is 0 Å². The number of benzene rings is 8. The van der Waals surface area contributed by atoms with Gasteiger partial charge in [-0.25, -0.2) is 4.98 Å². The molecule has 2 aromatic heterocycles. The fourth-order valence-electron chi connectivity index (χ4n) is 9.77. The van der Waals surface area contributed by atoms with Gasteiger partial charge in [-0.1, -0.05) is 176 Å². The van der Waals surface area contributed by atoms with Gasteiger partial charge in [0.15, 0.2) is 0 Å². The quantitative estimate of drug-likeness (QED) is 0.182. The molecule has 0 radical (unpaired) electrons. The molecule has 2 heterocycles. The summed E-state index contributed by atoms with van der Waals surface area (Å²) in [4.78, 5) is 5.30. The Morgan fingerprint density at radius 2 is 0.982 bits per heavy atom. The molecule has 1 spiro atoms. The monoisotopic (exact) mass is 711 g/mol. The SMILES string of the molecule is c1ccc(-c2cc(-c3ccccc3-c3cccc4c3-c3ccccc3[C@@]43c4ccccc4-c4oc5ccccc5c43)cc(-c3ccc4ccccc4c3)n2)cc1. The van der Waals surface area contributed by atoms with Gasteiger partial charge >= 0.3 is 0 Å². The largest absolute Gasteiger partial charge is 0.456 e. The number of hydrogen-bond acceptors (Lipinski definition) is 2. The van der Waals surface area contributed by atoms with Crippen LogP contribution in [-0.4, -0.2) is 4.98 Å². The lowest BCUT2D eigenvalue weighted by molar-refractivity contribution is 0.628. The van der Waals surface area contributed by atoms with Crippen LogP contribution in [0.25, 0.3) is 89.0 Å². The molecule has 2 aliphatic carbocycles. The van der Waals surface area contributed by atoms with E-state index in [1.54, 1.807) is 0 Å². The molecule has 10 aromatic rings. The van der Waals surface area contributed by atoms with E-state index >= 15 is 0 Å². The molecule has 0 amide bonds. The van der Waals surface area contributed by atoms with Gasteiger partial charge in [0.2, 0.25) is 0 Å². The third-order valence-corrected chi connectivity index (χ3v) is 12.1. The lowest BCUT2D eigenvalue weighted by atomic mass is 9.70. The summed E-state index contributed by atoms with van der Waals surface area (Å²) in [7, 11) is 0. The van der Waals surface area contributed by atoms with E-state index < -0.39 is 5.41 Å². The van der Waals surface area contributed by atoms with Crippen molar-refractivity contribution in [3.63, 3.8) is 0 Å². The molecule has 1 atom stereocenters. The Morgan fingerprint density at radius 3 is 1.82 bits per heavy atom. The van der Waals surface area contributed by atoms with Crippen LogP contribution >= 0.6 is 0 Å². The van der Waals surface area contributed by atoms with E-state index in [9.17, 15) is 0 Å². The van der Waals surface area contributed by atoms with Gasteiger partial charge in [0.05, 0.1) is 16.8 Å². The summed E-state index contributed by atoms with van der Waals surface area (Å²) in [5.74, 6) is 0.974. The Labute approximate surface area is 325 Å². The Kier molecular flexibility index (Phi) is 6.58. The van der Waals surface area contributed by atoms with Crippen molar-refractivity contribution in [2.75, 3.05) is 0 Å². The van der Waals surface area contributed by atoms with Crippen molar-refractivity contribution in [3.8, 4) is 67.2 Å². The first-order valence-corrected chi connectivity index (χ1v) is 19.3. The van der Waals surface area contributed by atoms with E-state index in [-0.39, 0.29) is 0 Å². The van der Waals surface area contributed by atoms with Crippen molar-refractivity contribution in [1.29, 1.82) is 0 Å². The molecule has 260 valence electrons. The maximum Gasteiger partial charge on any atom is 0.140 e. The van der Waals surface area contributed by atoms with Gasteiger partial charge in [-0.15, -0.1) is 0 Å². The molecule has 0 unspecified atom stereocenters. The molecule has 12 rings (SSSR count). The minimum Gasteiger partial charge on any atom is -0.456 e. The number of fused-ring (bicyclic) bond motifs is 13. The van der Waals surface area contributed by atoms with Gasteiger partial charge in [0.25, 0.3) is 0 Å². The highest BCUT2D eigenvalue weighted by Gasteiger charge is 2.54. The van der Waals surface area contributed by atoms with E-state index in [2.05, 4.69) is 200 Å². The van der Waals surface area contributed by atoms with Crippen LogP contribution in [0.3, 0.4) is 0 Å². The zero-order valence-corrected chi connectivity index (χ0v) is 30.4. The maximum atomic E-state index is 6.76. The molecular formula is C54H33NO. The van der Waals surface area contributed by atoms with E-state index in [4.69, 9.17) is 9.40 Å². The molecule has 2 aliphatic rings. The van der Waals surface area contributed by atoms with Gasteiger partial charge in [-0.05, 0) is 85.1 Å². The molecule has 0 bridgehead atoms. The Bertz CT molecular complexity index is 3210. The van der Waals surface area contributed by atoms with Crippen molar-refractivity contribution >= 4 is 21.7 Å². The highest BCUT2D eigenvalue weighted by Crippen LogP contribution is 2.66. The van der Waals surface area contributed by atoms with Crippen LogP contribution in [0.4, 0.5) is 0 Å². The summed E-state index contributed by atoms with van der Waals surface area (Å²) in [6.07, 6.45) is 0. The van der Waals surface area contributed by atoms with E-state index in [1.165, 1.54) is 71.8 Å². The van der Waals surface area contributed by atoms with Crippen LogP contribution in [0, 0.1) is 0 Å². The molecular weight excluding hydrogens is 679 g/mol. The number of hydrogen-bond donors (Lipinski definition) is 0. The van der Waals surface area contributed by atoms with Crippen LogP contribution in [0.2, 0.25) is 0 Å². The smallest absolute Gasteiger partial charge is 0.140 e. The van der Waals surface area contributed by atoms with Gasteiger partial charge in [0.1, 0.15) is 11.3 Å². The average Bonchev–Trinajstić information content (AvgIpc) is 3.90. The van der Waals surface area contributed by atoms with Gasteiger partial charge in [0, 0.05) is 27.6 Å². The van der Waals surface area contributed by atoms with Crippen molar-refractivity contribution in [1.82, 2.24) is 4.98 Å². The fourth-order valence-corrected chi connectivity index (χ4v) is 9.77. The third kappa shape index (κ3) is 4.30. The number of pyridine rings is 1. The van der Waals surface area contributed by atoms with Crippen LogP contribution in [0.1, 0.15) is 22.3 Å². The molecule has 8 aromatic carbocycles. The molecule has 0 saturated heterocycles. The normalized spacial score (nSPS) is 14.9. The summed E-state index contributed by atoms with van der Waals surface area (Å²) in [5.41, 5.74) is 18.0. The standard InChI is InChI=1S/C54H33NO/c1-2-16-35(17-3-1)48-32-38(33-49(55-48)37-30-29-34-15-4-5-18-36(34)31-37)39-19-6-7-20-40(39)41-24-14-27-47-51(41)42-21-8-11-25-45(42)54(47)46-26-12-9-22-43(46)53-52(54)44-23-10-13-28-50(44)56-53/h1-33H/t54-/m1/s1. The molecule has 2 nitrogen and oxygen atoms in total. The Morgan fingerprint density at radius 1 is 0.375 bits per heavy atom. The summed E-state index contributed by atoms with van der Waals surface area (Å²) in [6.45, 7) is 0. The summed E-state index contributed by atoms with van der Waals surface area (Å²) >= 11 is 0. The lowest BCUT2D eigenvalue weighted by Gasteiger charge is -2.30. The number of furan rings is 1. The zero-order valence-electron chi connectivity index (χ0n) is 30.4. The highest BCUT2D eigenvalue weighted by atomic mass is 16.3. The predicted octanol–water partition coefficient (Wildman–Crippen LogP) is 14.0. The van der Waals surface area contributed by atoms with Gasteiger partial charge < -0.3 is 4.42 Å². The highest BCUT2D eigenvalue weighted by molar-refractivity contribution is 6.05. The lowest BCUT2D eigenvalue weighted by Crippen LogP contribution is -2.25. The average molecular weight is 712 g/mol. The van der Waals surface area contributed by atoms with Crippen molar-refractivity contribution in [2.45, 2.75) is 5.41 Å². The number of nitrogens with zero attached hydrogens (tertiary/aromatic N) is 1. The molecule has 0 fully saturated rings. The zero-order chi connectivity index (χ0) is 36.8. The number of aromatic nitrogens is 1. The van der Waals surface area contributed by atoms with Crippen molar-refractivity contribution in [3.05, 3.63) is 222 Å². The summed E-state index contributed by atoms with van der Waals surface area (Å²) in [5, 5.41) is 3.59. The van der Waals surface area contributed by atoms with Crippen LogP contribution in [-0.2, 0) is 5.41 Å². The first-order chi connectivity index (χ1) is 27.8. The fraction of sp³-hybridized carbons (Fsp3) is 0.0185. The summed E-state index contributed by atoms with van der Waals surface area (Å²) < 4.78 is 6.76. The number of rotatable bonds is 4. The molecule has 2 heteroatoms. The van der Waals surface area contributed by atoms with Gasteiger partial charge in [-0.2, -0.15) is 0 Å². The third-order valence-electron chi connectivity index (χ3n) is 12.1. The van der Waals surface area contributed by atoms with Gasteiger partial charge in [-0.3, -0.25) is 0 Å². The van der Waals surface area contributed by atoms with Crippen molar-refractivity contribution in [2.24, 2.45) is 0 Å². The molecule has 56 heavy (non-hydrogen) atoms. The minimum atomic E-state index is -0.518. The van der Waals surface area contributed by atoms with Crippen LogP contribution in [0.15, 0.2) is 205 Å². The number of para-hydroxylation sites is 1. The second kappa shape index (κ2) is 11.9. The predicted molar refractivity (Wildman–Crippen MR) is 230 cm³/mol. The topological polar surface area (TPSA) is 26.0 Å². The van der Waals surface area contributed by atoms with E-state index in [0.717, 1.165) is 39.4 Å². The Balaban J connectivity index is 1.12. The van der Waals surface area contributed by atoms with Crippen molar-refractivity contribution < 1.29 is 4.42 Å². The first kappa shape index (κ1) is 31.1. The molecule has 0 aliphatic heterocycles. The second-order valence-electron chi connectivity index (χ2n) is 15.0. The minimum absolute atomic E-state index is 0.518. The Hall–Kier alpha value is -7.29. The van der Waals surface area contributed by atoms with Crippen LogP contribution < -0.4 is 0 Å². The van der Waals surface area contributed by atoms with Crippen LogP contribution in [0.5, 0.6) is 0 Å². The second-order valence-corrected chi connectivity index (χ2v) is 15.0. The summed E-state index contributed by atoms with van der Waals surface area (Å²) in [6, 6.07) is 72.5. The first-order valence-electron chi connectivity index (χ1n) is 19.3. The molecule has 0 saturated carbocycles. The maximum absolute atomic E-state index is 6.76. The van der Waals surface area contributed by atoms with E-state index in [0.29, 0.717) is 0 Å².